The second-order valence-electron chi connectivity index (χ2n) is 3.81. The van der Waals surface area contributed by atoms with Crippen LogP contribution < -0.4 is 10.5 Å². The lowest BCUT2D eigenvalue weighted by molar-refractivity contribution is 0.0606. The number of nitrogens with two attached hydrogens (primary N) is 1. The van der Waals surface area contributed by atoms with Crippen LogP contribution in [0.1, 0.15) is 13.8 Å². The minimum Gasteiger partial charge on any atom is -0.458 e. The van der Waals surface area contributed by atoms with E-state index in [1.54, 1.807) is 18.5 Å². The van der Waals surface area contributed by atoms with Crippen molar-refractivity contribution in [2.75, 3.05) is 18.9 Å². The molecule has 0 saturated heterocycles. The fourth-order valence-electron chi connectivity index (χ4n) is 1.40. The van der Waals surface area contributed by atoms with Gasteiger partial charge in [0.25, 0.3) is 5.95 Å². The number of rotatable bonds is 6. The molecule has 0 saturated carbocycles. The Balaban J connectivity index is 2.13. The van der Waals surface area contributed by atoms with Crippen LogP contribution in [0.4, 0.5) is 5.95 Å². The summed E-state index contributed by atoms with van der Waals surface area (Å²) in [6.07, 6.45) is 3.16. The Morgan fingerprint density at radius 2 is 2.21 bits per heavy atom. The highest BCUT2D eigenvalue weighted by Crippen LogP contribution is 2.10. The quantitative estimate of drug-likeness (QED) is 0.807. The predicted molar refractivity (Wildman–Crippen MR) is 67.9 cm³/mol. The van der Waals surface area contributed by atoms with Crippen molar-refractivity contribution in [1.29, 1.82) is 0 Å². The van der Waals surface area contributed by atoms with Gasteiger partial charge < -0.3 is 15.2 Å². The maximum atomic E-state index is 5.63. The van der Waals surface area contributed by atoms with Crippen molar-refractivity contribution in [3.63, 3.8) is 0 Å². The smallest absolute Gasteiger partial charge is 0.323 e. The van der Waals surface area contributed by atoms with Gasteiger partial charge in [-0.2, -0.15) is 20.1 Å². The molecule has 2 N–H and O–H groups in total. The fourth-order valence-corrected chi connectivity index (χ4v) is 1.40. The van der Waals surface area contributed by atoms with Crippen molar-refractivity contribution in [1.82, 2.24) is 24.7 Å². The third-order valence-corrected chi connectivity index (χ3v) is 2.19. The third kappa shape index (κ3) is 3.62. The Labute approximate surface area is 110 Å². The summed E-state index contributed by atoms with van der Waals surface area (Å²) >= 11 is 0. The second-order valence-corrected chi connectivity index (χ2v) is 3.81. The average Bonchev–Trinajstić information content (AvgIpc) is 2.89. The normalized spacial score (nSPS) is 12.3. The van der Waals surface area contributed by atoms with Gasteiger partial charge in [-0.1, -0.05) is 0 Å². The summed E-state index contributed by atoms with van der Waals surface area (Å²) in [5.74, 6) is 0.398. The first kappa shape index (κ1) is 13.2. The molecule has 0 spiro atoms. The van der Waals surface area contributed by atoms with Crippen LogP contribution in [-0.4, -0.2) is 44.1 Å². The number of nitrogens with zero attached hydrogens (tertiary/aromatic N) is 5. The molecule has 0 aromatic carbocycles. The van der Waals surface area contributed by atoms with Gasteiger partial charge in [-0.15, -0.1) is 0 Å². The van der Waals surface area contributed by atoms with Crippen LogP contribution in [0, 0.1) is 0 Å². The summed E-state index contributed by atoms with van der Waals surface area (Å²) in [7, 11) is 0. The molecule has 2 rings (SSSR count). The van der Waals surface area contributed by atoms with E-state index >= 15 is 0 Å². The zero-order valence-electron chi connectivity index (χ0n) is 10.9. The van der Waals surface area contributed by atoms with E-state index in [4.69, 9.17) is 15.2 Å². The van der Waals surface area contributed by atoms with Crippen LogP contribution in [0.2, 0.25) is 0 Å². The van der Waals surface area contributed by atoms with Crippen molar-refractivity contribution >= 4 is 5.95 Å². The average molecular weight is 264 g/mol. The molecule has 2 heterocycles. The third-order valence-electron chi connectivity index (χ3n) is 2.19. The Morgan fingerprint density at radius 1 is 1.37 bits per heavy atom. The van der Waals surface area contributed by atoms with Crippen molar-refractivity contribution in [3.8, 4) is 12.0 Å². The van der Waals surface area contributed by atoms with E-state index in [0.29, 0.717) is 19.2 Å². The highest BCUT2D eigenvalue weighted by molar-refractivity contribution is 5.24. The van der Waals surface area contributed by atoms with Crippen molar-refractivity contribution in [3.05, 3.63) is 18.5 Å². The molecule has 0 aliphatic rings. The van der Waals surface area contributed by atoms with E-state index in [1.165, 1.54) is 4.68 Å². The Kier molecular flexibility index (Phi) is 4.24. The van der Waals surface area contributed by atoms with Gasteiger partial charge in [0.1, 0.15) is 6.10 Å². The Morgan fingerprint density at radius 3 is 2.89 bits per heavy atom. The summed E-state index contributed by atoms with van der Waals surface area (Å²) in [5, 5.41) is 4.03. The highest BCUT2D eigenvalue weighted by atomic mass is 16.5. The molecule has 0 aliphatic heterocycles. The molecule has 8 nitrogen and oxygen atoms in total. The van der Waals surface area contributed by atoms with Crippen LogP contribution in [0.3, 0.4) is 0 Å². The van der Waals surface area contributed by atoms with Crippen molar-refractivity contribution in [2.24, 2.45) is 0 Å². The highest BCUT2D eigenvalue weighted by Gasteiger charge is 2.11. The molecule has 2 aromatic rings. The maximum absolute atomic E-state index is 5.63. The zero-order valence-corrected chi connectivity index (χ0v) is 10.9. The van der Waals surface area contributed by atoms with E-state index in [-0.39, 0.29) is 18.1 Å². The Hall–Kier alpha value is -2.22. The number of anilines is 1. The molecule has 1 unspecified atom stereocenters. The summed E-state index contributed by atoms with van der Waals surface area (Å²) in [5.41, 5.74) is 5.63. The fraction of sp³-hybridized carbons (Fsp3) is 0.455. The van der Waals surface area contributed by atoms with Gasteiger partial charge in [0.15, 0.2) is 0 Å². The van der Waals surface area contributed by atoms with Crippen LogP contribution in [-0.2, 0) is 4.74 Å². The van der Waals surface area contributed by atoms with E-state index in [1.807, 2.05) is 13.8 Å². The standard InChI is InChI=1S/C11H16N6O2/c1-3-18-7-8(2)19-11-15-9(12)14-10(16-11)17-6-4-5-13-17/h4-6,8H,3,7H2,1-2H3,(H2,12,14,15,16). The first-order valence-corrected chi connectivity index (χ1v) is 5.95. The maximum Gasteiger partial charge on any atom is 0.323 e. The lowest BCUT2D eigenvalue weighted by atomic mass is 10.4. The van der Waals surface area contributed by atoms with Gasteiger partial charge in [-0.3, -0.25) is 0 Å². The molecular weight excluding hydrogens is 248 g/mol. The minimum atomic E-state index is -0.174. The molecule has 0 bridgehead atoms. The number of hydrogen-bond donors (Lipinski definition) is 1. The van der Waals surface area contributed by atoms with E-state index in [2.05, 4.69) is 20.1 Å². The number of hydrogen-bond acceptors (Lipinski definition) is 7. The molecule has 8 heteroatoms. The van der Waals surface area contributed by atoms with Gasteiger partial charge in [-0.25, -0.2) is 4.68 Å². The Bertz CT molecular complexity index is 516. The van der Waals surface area contributed by atoms with Crippen LogP contribution >= 0.6 is 0 Å². The lowest BCUT2D eigenvalue weighted by Crippen LogP contribution is -2.21. The number of aromatic nitrogens is 5. The van der Waals surface area contributed by atoms with E-state index < -0.39 is 0 Å². The minimum absolute atomic E-state index is 0.0825. The van der Waals surface area contributed by atoms with Gasteiger partial charge >= 0.3 is 6.01 Å². The summed E-state index contributed by atoms with van der Waals surface area (Å²) in [4.78, 5) is 12.1. The molecule has 19 heavy (non-hydrogen) atoms. The summed E-state index contributed by atoms with van der Waals surface area (Å²) < 4.78 is 12.3. The molecule has 0 amide bonds. The summed E-state index contributed by atoms with van der Waals surface area (Å²) in [6.45, 7) is 4.87. The van der Waals surface area contributed by atoms with Crippen molar-refractivity contribution < 1.29 is 9.47 Å². The first-order chi connectivity index (χ1) is 9.19. The van der Waals surface area contributed by atoms with Gasteiger partial charge in [0.05, 0.1) is 6.61 Å². The molecule has 2 aromatic heterocycles. The molecule has 0 radical (unpaired) electrons. The molecule has 0 fully saturated rings. The first-order valence-electron chi connectivity index (χ1n) is 5.95. The largest absolute Gasteiger partial charge is 0.458 e. The van der Waals surface area contributed by atoms with Crippen LogP contribution in [0.5, 0.6) is 6.01 Å². The SMILES string of the molecule is CCOCC(C)Oc1nc(N)nc(-n2cccn2)n1. The lowest BCUT2D eigenvalue weighted by Gasteiger charge is -2.13. The topological polar surface area (TPSA) is 101 Å². The summed E-state index contributed by atoms with van der Waals surface area (Å²) in [6, 6.07) is 1.92. The zero-order chi connectivity index (χ0) is 13.7. The number of nitrogen functional groups attached to an aromatic ring is 1. The molecule has 1 atom stereocenters. The van der Waals surface area contributed by atoms with Crippen LogP contribution in [0.15, 0.2) is 18.5 Å². The van der Waals surface area contributed by atoms with Crippen LogP contribution in [0.25, 0.3) is 5.95 Å². The van der Waals surface area contributed by atoms with Gasteiger partial charge in [-0.05, 0) is 19.9 Å². The molecular formula is C11H16N6O2. The van der Waals surface area contributed by atoms with E-state index in [0.717, 1.165) is 0 Å². The second kappa shape index (κ2) is 6.10. The van der Waals surface area contributed by atoms with E-state index in [9.17, 15) is 0 Å². The van der Waals surface area contributed by atoms with Gasteiger partial charge in [0, 0.05) is 19.0 Å². The number of ether oxygens (including phenoxy) is 2. The van der Waals surface area contributed by atoms with Gasteiger partial charge in [0.2, 0.25) is 5.95 Å². The molecule has 0 aliphatic carbocycles. The predicted octanol–water partition coefficient (Wildman–Crippen LogP) is 0.443. The monoisotopic (exact) mass is 264 g/mol. The molecule has 102 valence electrons. The van der Waals surface area contributed by atoms with Crippen molar-refractivity contribution in [2.45, 2.75) is 20.0 Å².